The molecule has 0 aliphatic carbocycles. The van der Waals surface area contributed by atoms with Crippen LogP contribution in [0.3, 0.4) is 0 Å². The second-order valence-corrected chi connectivity index (χ2v) is 6.13. The van der Waals surface area contributed by atoms with E-state index in [1.165, 1.54) is 0 Å². The average Bonchev–Trinajstić information content (AvgIpc) is 2.14. The summed E-state index contributed by atoms with van der Waals surface area (Å²) < 4.78 is 59.7. The molecule has 2 fully saturated rings. The first kappa shape index (κ1) is 13.1. The van der Waals surface area contributed by atoms with Crippen molar-refractivity contribution >= 4 is 10.0 Å². The molecule has 0 bridgehead atoms. The van der Waals surface area contributed by atoms with E-state index in [0.29, 0.717) is 23.4 Å². The van der Waals surface area contributed by atoms with Crippen molar-refractivity contribution in [3.05, 3.63) is 0 Å². The van der Waals surface area contributed by atoms with Gasteiger partial charge in [-0.25, -0.2) is 8.42 Å². The normalized spacial score (nSPS) is 25.8. The molecule has 0 unspecified atom stereocenters. The molecule has 5 nitrogen and oxygen atoms in total. The molecule has 0 radical (unpaired) electrons. The molecule has 9 heteroatoms. The van der Waals surface area contributed by atoms with Gasteiger partial charge in [0.2, 0.25) is 0 Å². The molecule has 2 aliphatic rings. The Labute approximate surface area is 97.6 Å². The van der Waals surface area contributed by atoms with E-state index in [0.717, 1.165) is 13.1 Å². The second kappa shape index (κ2) is 4.38. The molecule has 2 saturated heterocycles. The Morgan fingerprint density at radius 2 is 1.59 bits per heavy atom. The summed E-state index contributed by atoms with van der Waals surface area (Å²) in [6.45, 7) is 2.21. The lowest BCUT2D eigenvalue weighted by molar-refractivity contribution is -0.0504. The molecule has 1 N–H and O–H groups in total. The summed E-state index contributed by atoms with van der Waals surface area (Å²) in [5.41, 5.74) is -5.19. The third-order valence-electron chi connectivity index (χ3n) is 3.18. The minimum absolute atomic E-state index is 0.0850. The third kappa shape index (κ3) is 2.42. The fourth-order valence-electron chi connectivity index (χ4n) is 1.99. The highest BCUT2D eigenvalue weighted by Crippen LogP contribution is 2.27. The van der Waals surface area contributed by atoms with Crippen LogP contribution in [0.5, 0.6) is 0 Å². The van der Waals surface area contributed by atoms with E-state index in [9.17, 15) is 21.6 Å². The smallest absolute Gasteiger partial charge is 0.314 e. The number of sulfonamides is 1. The minimum atomic E-state index is -5.19. The summed E-state index contributed by atoms with van der Waals surface area (Å²) >= 11 is 0. The first-order chi connectivity index (χ1) is 7.82. The molecule has 0 atom stereocenters. The Bertz CT molecular complexity index is 372. The van der Waals surface area contributed by atoms with Crippen LogP contribution >= 0.6 is 0 Å². The number of hydrogen-bond acceptors (Lipinski definition) is 4. The highest BCUT2D eigenvalue weighted by molar-refractivity contribution is 7.90. The SMILES string of the molecule is O=S(=O)(N1CCN(C2CNC2)CC1)C(F)(F)F. The maximum atomic E-state index is 12.3. The van der Waals surface area contributed by atoms with Gasteiger partial charge in [-0.05, 0) is 0 Å². The molecule has 0 saturated carbocycles. The predicted molar refractivity (Wildman–Crippen MR) is 54.8 cm³/mol. The Morgan fingerprint density at radius 1 is 1.06 bits per heavy atom. The highest BCUT2D eigenvalue weighted by atomic mass is 32.2. The van der Waals surface area contributed by atoms with E-state index in [-0.39, 0.29) is 13.1 Å². The molecule has 0 aromatic carbocycles. The van der Waals surface area contributed by atoms with Crippen LogP contribution in [0.25, 0.3) is 0 Å². The number of alkyl halides is 3. The van der Waals surface area contributed by atoms with Crippen LogP contribution < -0.4 is 5.32 Å². The number of piperazine rings is 1. The van der Waals surface area contributed by atoms with Gasteiger partial charge >= 0.3 is 15.5 Å². The molecule has 0 aromatic heterocycles. The van der Waals surface area contributed by atoms with Gasteiger partial charge in [0.15, 0.2) is 0 Å². The van der Waals surface area contributed by atoms with Gasteiger partial charge in [0.05, 0.1) is 0 Å². The van der Waals surface area contributed by atoms with Crippen molar-refractivity contribution in [1.82, 2.24) is 14.5 Å². The summed E-state index contributed by atoms with van der Waals surface area (Å²) in [7, 11) is -5.15. The van der Waals surface area contributed by atoms with Crippen molar-refractivity contribution in [2.75, 3.05) is 39.3 Å². The zero-order chi connectivity index (χ0) is 12.7. The number of hydrogen-bond donors (Lipinski definition) is 1. The molecular weight excluding hydrogens is 259 g/mol. The van der Waals surface area contributed by atoms with Crippen LogP contribution in [0.15, 0.2) is 0 Å². The molecular formula is C8H14F3N3O2S. The summed E-state index contributed by atoms with van der Waals surface area (Å²) in [4.78, 5) is 2.03. The molecule has 0 amide bonds. The van der Waals surface area contributed by atoms with Crippen molar-refractivity contribution in [2.45, 2.75) is 11.6 Å². The number of halogens is 3. The average molecular weight is 273 g/mol. The van der Waals surface area contributed by atoms with Crippen molar-refractivity contribution < 1.29 is 21.6 Å². The largest absolute Gasteiger partial charge is 0.511 e. The van der Waals surface area contributed by atoms with Gasteiger partial charge in [0, 0.05) is 45.3 Å². The van der Waals surface area contributed by atoms with E-state index >= 15 is 0 Å². The van der Waals surface area contributed by atoms with Crippen LogP contribution in [-0.4, -0.2) is 68.4 Å². The number of nitrogens with one attached hydrogen (secondary N) is 1. The van der Waals surface area contributed by atoms with Gasteiger partial charge in [-0.1, -0.05) is 0 Å². The van der Waals surface area contributed by atoms with Crippen molar-refractivity contribution in [3.8, 4) is 0 Å². The van der Waals surface area contributed by atoms with Crippen LogP contribution in [0.4, 0.5) is 13.2 Å². The van der Waals surface area contributed by atoms with E-state index in [1.54, 1.807) is 0 Å². The Morgan fingerprint density at radius 3 is 1.94 bits per heavy atom. The predicted octanol–water partition coefficient (Wildman–Crippen LogP) is -0.575. The standard InChI is InChI=1S/C8H14F3N3O2S/c9-8(10,11)17(15,16)14-3-1-13(2-4-14)7-5-12-6-7/h7,12H,1-6H2. The maximum absolute atomic E-state index is 12.3. The topological polar surface area (TPSA) is 52.7 Å². The summed E-state index contributed by atoms with van der Waals surface area (Å²) in [6.07, 6.45) is 0. The molecule has 2 aliphatic heterocycles. The van der Waals surface area contributed by atoms with Gasteiger partial charge < -0.3 is 5.32 Å². The number of nitrogens with zero attached hydrogens (tertiary/aromatic N) is 2. The van der Waals surface area contributed by atoms with Crippen LogP contribution in [0.1, 0.15) is 0 Å². The van der Waals surface area contributed by atoms with Crippen molar-refractivity contribution in [1.29, 1.82) is 0 Å². The quantitative estimate of drug-likeness (QED) is 0.732. The van der Waals surface area contributed by atoms with Gasteiger partial charge in [0.25, 0.3) is 0 Å². The lowest BCUT2D eigenvalue weighted by Gasteiger charge is -2.42. The van der Waals surface area contributed by atoms with Crippen molar-refractivity contribution in [2.24, 2.45) is 0 Å². The molecule has 100 valence electrons. The zero-order valence-electron chi connectivity index (χ0n) is 9.07. The van der Waals surface area contributed by atoms with Gasteiger partial charge in [-0.15, -0.1) is 0 Å². The third-order valence-corrected chi connectivity index (χ3v) is 4.81. The first-order valence-electron chi connectivity index (χ1n) is 5.33. The van der Waals surface area contributed by atoms with Crippen LogP contribution in [-0.2, 0) is 10.0 Å². The Hall–Kier alpha value is -0.380. The fourth-order valence-corrected chi connectivity index (χ4v) is 2.92. The summed E-state index contributed by atoms with van der Waals surface area (Å²) in [5, 5.41) is 3.07. The maximum Gasteiger partial charge on any atom is 0.511 e. The molecule has 0 aromatic rings. The van der Waals surface area contributed by atoms with Crippen LogP contribution in [0, 0.1) is 0 Å². The Kier molecular flexibility index (Phi) is 3.36. The summed E-state index contributed by atoms with van der Waals surface area (Å²) in [6, 6.07) is 0.339. The van der Waals surface area contributed by atoms with Gasteiger partial charge in [0.1, 0.15) is 0 Å². The van der Waals surface area contributed by atoms with Crippen molar-refractivity contribution in [3.63, 3.8) is 0 Å². The molecule has 2 rings (SSSR count). The second-order valence-electron chi connectivity index (χ2n) is 4.20. The highest BCUT2D eigenvalue weighted by Gasteiger charge is 2.50. The van der Waals surface area contributed by atoms with E-state index in [2.05, 4.69) is 5.32 Å². The van der Waals surface area contributed by atoms with E-state index in [4.69, 9.17) is 0 Å². The Balaban J connectivity index is 1.94. The first-order valence-corrected chi connectivity index (χ1v) is 6.77. The molecule has 2 heterocycles. The lowest BCUT2D eigenvalue weighted by Crippen LogP contribution is -2.62. The monoisotopic (exact) mass is 273 g/mol. The minimum Gasteiger partial charge on any atom is -0.314 e. The van der Waals surface area contributed by atoms with Gasteiger partial charge in [-0.2, -0.15) is 17.5 Å². The zero-order valence-corrected chi connectivity index (χ0v) is 9.89. The lowest BCUT2D eigenvalue weighted by atomic mass is 10.1. The fraction of sp³-hybridized carbons (Fsp3) is 1.00. The molecule has 17 heavy (non-hydrogen) atoms. The number of rotatable bonds is 2. The molecule has 0 spiro atoms. The van der Waals surface area contributed by atoms with Gasteiger partial charge in [-0.3, -0.25) is 4.90 Å². The van der Waals surface area contributed by atoms with Crippen LogP contribution in [0.2, 0.25) is 0 Å². The van der Waals surface area contributed by atoms with E-state index < -0.39 is 15.5 Å². The van der Waals surface area contributed by atoms with E-state index in [1.807, 2.05) is 4.90 Å². The summed E-state index contributed by atoms with van der Waals surface area (Å²) in [5.74, 6) is 0.